The number of carbonyl (C=O) groups is 1. The number of amides is 1. The van der Waals surface area contributed by atoms with Crippen molar-refractivity contribution in [3.8, 4) is 17.0 Å². The second-order valence-corrected chi connectivity index (χ2v) is 8.06. The number of nitrogens with one attached hydrogen (secondary N) is 1. The number of likely N-dealkylation sites (tertiary alicyclic amines) is 1. The second-order valence-electron chi connectivity index (χ2n) is 8.06. The first-order chi connectivity index (χ1) is 12.8. The standard InChI is InChI=1S/C21H29N3O3/c1-14-18(16-6-5-7-17(12-16)27-4)22-23-19(14)20(25)24-10-8-15(9-11-24)13-21(2,3)26/h5-7,12,15,26H,8-11,13H2,1-4H3,(H,22,23). The Balaban J connectivity index is 1.71. The van der Waals surface area contributed by atoms with Crippen molar-refractivity contribution in [3.05, 3.63) is 35.5 Å². The summed E-state index contributed by atoms with van der Waals surface area (Å²) in [5.41, 5.74) is 2.45. The van der Waals surface area contributed by atoms with E-state index in [1.54, 1.807) is 7.11 Å². The van der Waals surface area contributed by atoms with E-state index in [1.807, 2.05) is 49.9 Å². The molecule has 1 saturated heterocycles. The molecule has 6 nitrogen and oxygen atoms in total. The van der Waals surface area contributed by atoms with E-state index in [-0.39, 0.29) is 5.91 Å². The van der Waals surface area contributed by atoms with Gasteiger partial charge < -0.3 is 14.7 Å². The Bertz CT molecular complexity index is 799. The normalized spacial score (nSPS) is 15.8. The molecule has 1 aliphatic rings. The predicted octanol–water partition coefficient (Wildman–Crippen LogP) is 3.41. The number of carbonyl (C=O) groups excluding carboxylic acids is 1. The van der Waals surface area contributed by atoms with E-state index in [0.29, 0.717) is 24.7 Å². The Morgan fingerprint density at radius 3 is 2.70 bits per heavy atom. The lowest BCUT2D eigenvalue weighted by Gasteiger charge is -2.34. The lowest BCUT2D eigenvalue weighted by molar-refractivity contribution is 0.0356. The Morgan fingerprint density at radius 1 is 1.37 bits per heavy atom. The third-order valence-corrected chi connectivity index (χ3v) is 5.26. The summed E-state index contributed by atoms with van der Waals surface area (Å²) in [6, 6.07) is 7.67. The lowest BCUT2D eigenvalue weighted by atomic mass is 9.86. The van der Waals surface area contributed by atoms with Gasteiger partial charge in [0.05, 0.1) is 18.4 Å². The van der Waals surface area contributed by atoms with Crippen molar-refractivity contribution in [2.75, 3.05) is 20.2 Å². The Labute approximate surface area is 160 Å². The van der Waals surface area contributed by atoms with Gasteiger partial charge in [0, 0.05) is 24.2 Å². The average molecular weight is 371 g/mol. The number of ether oxygens (including phenoxy) is 1. The fourth-order valence-corrected chi connectivity index (χ4v) is 3.86. The first-order valence-electron chi connectivity index (χ1n) is 9.49. The van der Waals surface area contributed by atoms with Crippen LogP contribution in [0.25, 0.3) is 11.3 Å². The smallest absolute Gasteiger partial charge is 0.272 e. The van der Waals surface area contributed by atoms with Crippen LogP contribution in [0.2, 0.25) is 0 Å². The van der Waals surface area contributed by atoms with Gasteiger partial charge in [-0.25, -0.2) is 0 Å². The number of benzene rings is 1. The number of hydrogen-bond acceptors (Lipinski definition) is 4. The number of H-pyrrole nitrogens is 1. The van der Waals surface area contributed by atoms with Crippen LogP contribution in [0.15, 0.2) is 24.3 Å². The van der Waals surface area contributed by atoms with E-state index >= 15 is 0 Å². The minimum absolute atomic E-state index is 0.00384. The van der Waals surface area contributed by atoms with Crippen molar-refractivity contribution in [3.63, 3.8) is 0 Å². The van der Waals surface area contributed by atoms with E-state index in [2.05, 4.69) is 10.2 Å². The first kappa shape index (κ1) is 19.4. The number of aliphatic hydroxyl groups is 1. The zero-order chi connectivity index (χ0) is 19.6. The highest BCUT2D eigenvalue weighted by Gasteiger charge is 2.29. The molecular formula is C21H29N3O3. The SMILES string of the molecule is COc1cccc(-c2n[nH]c(C(=O)N3CCC(CC(C)(C)O)CC3)c2C)c1. The van der Waals surface area contributed by atoms with Crippen molar-refractivity contribution >= 4 is 5.91 Å². The summed E-state index contributed by atoms with van der Waals surface area (Å²) < 4.78 is 5.28. The molecule has 1 aromatic heterocycles. The van der Waals surface area contributed by atoms with Crippen molar-refractivity contribution in [1.29, 1.82) is 0 Å². The molecule has 0 atom stereocenters. The molecule has 1 aliphatic heterocycles. The summed E-state index contributed by atoms with van der Waals surface area (Å²) in [7, 11) is 1.63. The molecule has 3 rings (SSSR count). The van der Waals surface area contributed by atoms with E-state index < -0.39 is 5.60 Å². The van der Waals surface area contributed by atoms with Gasteiger partial charge in [-0.1, -0.05) is 12.1 Å². The Hall–Kier alpha value is -2.34. The summed E-state index contributed by atoms with van der Waals surface area (Å²) in [5.74, 6) is 1.22. The van der Waals surface area contributed by atoms with Gasteiger partial charge in [0.15, 0.2) is 0 Å². The molecule has 2 heterocycles. The van der Waals surface area contributed by atoms with Crippen LogP contribution in [0.5, 0.6) is 5.75 Å². The zero-order valence-electron chi connectivity index (χ0n) is 16.6. The van der Waals surface area contributed by atoms with Gasteiger partial charge in [-0.15, -0.1) is 0 Å². The molecule has 6 heteroatoms. The zero-order valence-corrected chi connectivity index (χ0v) is 16.6. The van der Waals surface area contributed by atoms with E-state index in [0.717, 1.165) is 41.8 Å². The van der Waals surface area contributed by atoms with Gasteiger partial charge in [0.25, 0.3) is 5.91 Å². The summed E-state index contributed by atoms with van der Waals surface area (Å²) in [4.78, 5) is 14.8. The molecule has 2 N–H and O–H groups in total. The Morgan fingerprint density at radius 2 is 2.07 bits per heavy atom. The minimum atomic E-state index is -0.650. The minimum Gasteiger partial charge on any atom is -0.497 e. The molecule has 1 aromatic carbocycles. The van der Waals surface area contributed by atoms with Crippen molar-refractivity contribution in [2.45, 2.75) is 45.6 Å². The largest absolute Gasteiger partial charge is 0.497 e. The third-order valence-electron chi connectivity index (χ3n) is 5.26. The fourth-order valence-electron chi connectivity index (χ4n) is 3.86. The molecule has 0 aliphatic carbocycles. The van der Waals surface area contributed by atoms with Gasteiger partial charge >= 0.3 is 0 Å². The molecule has 146 valence electrons. The number of aromatic nitrogens is 2. The number of aromatic amines is 1. The van der Waals surface area contributed by atoms with Gasteiger partial charge in [-0.05, 0) is 58.1 Å². The van der Waals surface area contributed by atoms with Crippen LogP contribution >= 0.6 is 0 Å². The molecule has 1 amide bonds. The van der Waals surface area contributed by atoms with Crippen LogP contribution in [-0.2, 0) is 0 Å². The lowest BCUT2D eigenvalue weighted by Crippen LogP contribution is -2.40. The molecule has 27 heavy (non-hydrogen) atoms. The molecule has 2 aromatic rings. The summed E-state index contributed by atoms with van der Waals surface area (Å²) in [6.45, 7) is 7.04. The Kier molecular flexibility index (Phi) is 5.56. The predicted molar refractivity (Wildman–Crippen MR) is 105 cm³/mol. The van der Waals surface area contributed by atoms with E-state index in [1.165, 1.54) is 0 Å². The molecule has 1 fully saturated rings. The molecule has 0 radical (unpaired) electrons. The van der Waals surface area contributed by atoms with Crippen molar-refractivity contribution < 1.29 is 14.6 Å². The maximum atomic E-state index is 13.0. The van der Waals surface area contributed by atoms with E-state index in [4.69, 9.17) is 4.74 Å². The molecule has 0 unspecified atom stereocenters. The van der Waals surface area contributed by atoms with Crippen LogP contribution in [0.4, 0.5) is 0 Å². The highest BCUT2D eigenvalue weighted by atomic mass is 16.5. The van der Waals surface area contributed by atoms with Crippen LogP contribution in [0.3, 0.4) is 0 Å². The topological polar surface area (TPSA) is 78.5 Å². The van der Waals surface area contributed by atoms with Gasteiger partial charge in [-0.2, -0.15) is 5.10 Å². The maximum absolute atomic E-state index is 13.0. The summed E-state index contributed by atoms with van der Waals surface area (Å²) >= 11 is 0. The number of methoxy groups -OCH3 is 1. The van der Waals surface area contributed by atoms with Gasteiger partial charge in [-0.3, -0.25) is 9.89 Å². The monoisotopic (exact) mass is 371 g/mol. The van der Waals surface area contributed by atoms with Crippen LogP contribution in [0.1, 0.15) is 49.2 Å². The summed E-state index contributed by atoms with van der Waals surface area (Å²) in [5, 5.41) is 17.3. The average Bonchev–Trinajstić information content (AvgIpc) is 3.02. The molecule has 0 bridgehead atoms. The van der Waals surface area contributed by atoms with E-state index in [9.17, 15) is 9.90 Å². The fraction of sp³-hybridized carbons (Fsp3) is 0.524. The number of nitrogens with zero attached hydrogens (tertiary/aromatic N) is 2. The summed E-state index contributed by atoms with van der Waals surface area (Å²) in [6.07, 6.45) is 2.62. The van der Waals surface area contributed by atoms with Crippen LogP contribution in [-0.4, -0.2) is 51.9 Å². The highest BCUT2D eigenvalue weighted by molar-refractivity contribution is 5.95. The van der Waals surface area contributed by atoms with Crippen LogP contribution < -0.4 is 4.74 Å². The molecule has 0 saturated carbocycles. The molecule has 0 spiro atoms. The number of hydrogen-bond donors (Lipinski definition) is 2. The van der Waals surface area contributed by atoms with Crippen molar-refractivity contribution in [1.82, 2.24) is 15.1 Å². The quantitative estimate of drug-likeness (QED) is 0.844. The third kappa shape index (κ3) is 4.50. The second kappa shape index (κ2) is 7.72. The van der Waals surface area contributed by atoms with Gasteiger partial charge in [0.2, 0.25) is 0 Å². The molecular weight excluding hydrogens is 342 g/mol. The number of piperidine rings is 1. The van der Waals surface area contributed by atoms with Gasteiger partial charge in [0.1, 0.15) is 11.4 Å². The number of rotatable bonds is 5. The van der Waals surface area contributed by atoms with Crippen LogP contribution in [0, 0.1) is 12.8 Å². The first-order valence-corrected chi connectivity index (χ1v) is 9.49. The maximum Gasteiger partial charge on any atom is 0.272 e. The van der Waals surface area contributed by atoms with Crippen molar-refractivity contribution in [2.24, 2.45) is 5.92 Å². The highest BCUT2D eigenvalue weighted by Crippen LogP contribution is 2.29.